The topological polar surface area (TPSA) is 21.3 Å². The minimum atomic E-state index is -0.942. The lowest BCUT2D eigenvalue weighted by Crippen LogP contribution is -2.29. The summed E-state index contributed by atoms with van der Waals surface area (Å²) in [6.07, 6.45) is 0. The number of ether oxygens (including phenoxy) is 1. The molecule has 0 aliphatic carbocycles. The first-order chi connectivity index (χ1) is 6.59. The summed E-state index contributed by atoms with van der Waals surface area (Å²) in [7, 11) is 0. The van der Waals surface area contributed by atoms with Crippen LogP contribution >= 0.6 is 15.9 Å². The van der Waals surface area contributed by atoms with E-state index in [1.165, 1.54) is 0 Å². The standard InChI is InChI=1S/C9H8BrF2NO/c1-4-3-14-9-7(12)6(11)2-5(10)8(9)13-4/h2,4,13H,3H2,1H3. The minimum absolute atomic E-state index is 0.0463. The van der Waals surface area contributed by atoms with E-state index in [4.69, 9.17) is 4.74 Å². The van der Waals surface area contributed by atoms with Crippen LogP contribution in [0, 0.1) is 11.6 Å². The SMILES string of the molecule is CC1COc2c(F)c(F)cc(Br)c2N1. The molecule has 1 unspecified atom stereocenters. The van der Waals surface area contributed by atoms with Gasteiger partial charge < -0.3 is 10.1 Å². The Bertz CT molecular complexity index is 384. The molecule has 0 bridgehead atoms. The van der Waals surface area contributed by atoms with Crippen LogP contribution in [0.4, 0.5) is 14.5 Å². The smallest absolute Gasteiger partial charge is 0.202 e. The lowest BCUT2D eigenvalue weighted by atomic mass is 10.2. The summed E-state index contributed by atoms with van der Waals surface area (Å²) >= 11 is 3.15. The fourth-order valence-electron chi connectivity index (χ4n) is 1.34. The fourth-order valence-corrected chi connectivity index (χ4v) is 1.84. The van der Waals surface area contributed by atoms with E-state index in [0.717, 1.165) is 6.07 Å². The van der Waals surface area contributed by atoms with Gasteiger partial charge in [0, 0.05) is 4.47 Å². The molecule has 5 heteroatoms. The first-order valence-electron chi connectivity index (χ1n) is 4.16. The van der Waals surface area contributed by atoms with Gasteiger partial charge >= 0.3 is 0 Å². The molecule has 1 N–H and O–H groups in total. The molecule has 1 heterocycles. The number of hydrogen-bond donors (Lipinski definition) is 1. The zero-order valence-corrected chi connectivity index (χ0v) is 8.99. The summed E-state index contributed by atoms with van der Waals surface area (Å²) in [6.45, 7) is 2.23. The van der Waals surface area contributed by atoms with Crippen LogP contribution in [0.3, 0.4) is 0 Å². The Kier molecular flexibility index (Phi) is 2.34. The van der Waals surface area contributed by atoms with Crippen molar-refractivity contribution in [2.45, 2.75) is 13.0 Å². The van der Waals surface area contributed by atoms with Gasteiger partial charge in [0.25, 0.3) is 0 Å². The summed E-state index contributed by atoms with van der Waals surface area (Å²) in [6, 6.07) is 1.17. The lowest BCUT2D eigenvalue weighted by Gasteiger charge is -2.26. The van der Waals surface area contributed by atoms with E-state index < -0.39 is 11.6 Å². The third kappa shape index (κ3) is 1.45. The normalized spacial score (nSPS) is 19.6. The van der Waals surface area contributed by atoms with Crippen LogP contribution in [-0.4, -0.2) is 12.6 Å². The average Bonchev–Trinajstić information content (AvgIpc) is 2.14. The van der Waals surface area contributed by atoms with Gasteiger partial charge in [0.2, 0.25) is 5.82 Å². The molecule has 0 saturated carbocycles. The fraction of sp³-hybridized carbons (Fsp3) is 0.333. The Balaban J connectivity index is 2.57. The molecule has 2 rings (SSSR count). The van der Waals surface area contributed by atoms with E-state index in [0.29, 0.717) is 16.8 Å². The predicted molar refractivity (Wildman–Crippen MR) is 52.6 cm³/mol. The van der Waals surface area contributed by atoms with Crippen molar-refractivity contribution < 1.29 is 13.5 Å². The Morgan fingerprint density at radius 2 is 2.29 bits per heavy atom. The Morgan fingerprint density at radius 1 is 1.57 bits per heavy atom. The molecule has 76 valence electrons. The number of fused-ring (bicyclic) bond motifs is 1. The van der Waals surface area contributed by atoms with Crippen molar-refractivity contribution in [3.8, 4) is 5.75 Å². The van der Waals surface area contributed by atoms with Crippen LogP contribution < -0.4 is 10.1 Å². The molecule has 1 aliphatic heterocycles. The van der Waals surface area contributed by atoms with E-state index >= 15 is 0 Å². The molecule has 1 aromatic carbocycles. The van der Waals surface area contributed by atoms with Gasteiger partial charge in [-0.05, 0) is 28.9 Å². The molecular weight excluding hydrogens is 256 g/mol. The highest BCUT2D eigenvalue weighted by molar-refractivity contribution is 9.10. The van der Waals surface area contributed by atoms with Crippen LogP contribution in [0.25, 0.3) is 0 Å². The molecule has 0 spiro atoms. The average molecular weight is 264 g/mol. The van der Waals surface area contributed by atoms with Crippen LogP contribution in [0.15, 0.2) is 10.5 Å². The molecule has 14 heavy (non-hydrogen) atoms. The third-order valence-electron chi connectivity index (χ3n) is 2.00. The number of halogens is 3. The quantitative estimate of drug-likeness (QED) is 0.727. The predicted octanol–water partition coefficient (Wildman–Crippen LogP) is 2.92. The molecule has 1 aliphatic rings. The summed E-state index contributed by atoms with van der Waals surface area (Å²) in [5.74, 6) is -1.90. The van der Waals surface area contributed by atoms with Crippen molar-refractivity contribution in [1.29, 1.82) is 0 Å². The van der Waals surface area contributed by atoms with Gasteiger partial charge in [-0.1, -0.05) is 0 Å². The maximum Gasteiger partial charge on any atom is 0.202 e. The number of hydrogen-bond acceptors (Lipinski definition) is 2. The Hall–Kier alpha value is -0.840. The maximum atomic E-state index is 13.2. The number of rotatable bonds is 0. The molecule has 0 saturated heterocycles. The second kappa shape index (κ2) is 3.38. The van der Waals surface area contributed by atoms with Crippen molar-refractivity contribution in [2.24, 2.45) is 0 Å². The van der Waals surface area contributed by atoms with Crippen molar-refractivity contribution in [2.75, 3.05) is 11.9 Å². The van der Waals surface area contributed by atoms with Gasteiger partial charge in [-0.3, -0.25) is 0 Å². The molecule has 2 nitrogen and oxygen atoms in total. The number of anilines is 1. The van der Waals surface area contributed by atoms with E-state index in [1.54, 1.807) is 0 Å². The number of benzene rings is 1. The second-order valence-electron chi connectivity index (χ2n) is 3.21. The second-order valence-corrected chi connectivity index (χ2v) is 4.07. The van der Waals surface area contributed by atoms with E-state index in [1.807, 2.05) is 6.92 Å². The van der Waals surface area contributed by atoms with Gasteiger partial charge in [0.05, 0.1) is 11.7 Å². The van der Waals surface area contributed by atoms with Crippen LogP contribution in [0.1, 0.15) is 6.92 Å². The van der Waals surface area contributed by atoms with Gasteiger partial charge in [0.1, 0.15) is 6.61 Å². The monoisotopic (exact) mass is 263 g/mol. The molecule has 0 amide bonds. The highest BCUT2D eigenvalue weighted by atomic mass is 79.9. The largest absolute Gasteiger partial charge is 0.486 e. The van der Waals surface area contributed by atoms with Gasteiger partial charge in [-0.25, -0.2) is 4.39 Å². The van der Waals surface area contributed by atoms with Gasteiger partial charge in [-0.15, -0.1) is 0 Å². The lowest BCUT2D eigenvalue weighted by molar-refractivity contribution is 0.272. The zero-order chi connectivity index (χ0) is 10.3. The zero-order valence-electron chi connectivity index (χ0n) is 7.40. The van der Waals surface area contributed by atoms with Crippen LogP contribution in [-0.2, 0) is 0 Å². The number of nitrogens with one attached hydrogen (secondary N) is 1. The maximum absolute atomic E-state index is 13.2. The van der Waals surface area contributed by atoms with E-state index in [9.17, 15) is 8.78 Å². The highest BCUT2D eigenvalue weighted by Crippen LogP contribution is 2.39. The molecule has 1 aromatic rings. The molecular formula is C9H8BrF2NO. The third-order valence-corrected chi connectivity index (χ3v) is 2.62. The van der Waals surface area contributed by atoms with Crippen molar-refractivity contribution >= 4 is 21.6 Å². The molecule has 0 fully saturated rings. The molecule has 0 radical (unpaired) electrons. The van der Waals surface area contributed by atoms with Crippen molar-refractivity contribution in [3.63, 3.8) is 0 Å². The van der Waals surface area contributed by atoms with Crippen molar-refractivity contribution in [1.82, 2.24) is 0 Å². The van der Waals surface area contributed by atoms with E-state index in [-0.39, 0.29) is 11.8 Å². The van der Waals surface area contributed by atoms with E-state index in [2.05, 4.69) is 21.2 Å². The molecule has 0 aromatic heterocycles. The summed E-state index contributed by atoms with van der Waals surface area (Å²) < 4.78 is 31.8. The first-order valence-corrected chi connectivity index (χ1v) is 4.95. The Morgan fingerprint density at radius 3 is 3.00 bits per heavy atom. The summed E-state index contributed by atoms with van der Waals surface area (Å²) in [5.41, 5.74) is 0.475. The van der Waals surface area contributed by atoms with Crippen LogP contribution in [0.5, 0.6) is 5.75 Å². The van der Waals surface area contributed by atoms with Gasteiger partial charge in [-0.2, -0.15) is 4.39 Å². The van der Waals surface area contributed by atoms with Gasteiger partial charge in [0.15, 0.2) is 11.6 Å². The highest BCUT2D eigenvalue weighted by Gasteiger charge is 2.24. The van der Waals surface area contributed by atoms with Crippen molar-refractivity contribution in [3.05, 3.63) is 22.2 Å². The Labute approximate surface area is 88.4 Å². The minimum Gasteiger partial charge on any atom is -0.486 e. The first kappa shape index (κ1) is 9.71. The molecule has 1 atom stereocenters. The summed E-state index contributed by atoms with van der Waals surface area (Å²) in [5, 5.41) is 3.02. The van der Waals surface area contributed by atoms with Crippen LogP contribution in [0.2, 0.25) is 0 Å². The summed E-state index contributed by atoms with van der Waals surface area (Å²) in [4.78, 5) is 0.